The number of benzene rings is 2. The topological polar surface area (TPSA) is 71.4 Å². The highest BCUT2D eigenvalue weighted by Gasteiger charge is 2.09. The molecule has 0 aliphatic rings. The molecule has 0 atom stereocenters. The molecule has 0 aliphatic carbocycles. The van der Waals surface area contributed by atoms with Crippen molar-refractivity contribution in [2.75, 3.05) is 20.8 Å². The second-order valence-corrected chi connectivity index (χ2v) is 5.96. The van der Waals surface area contributed by atoms with Gasteiger partial charge < -0.3 is 14.8 Å². The minimum atomic E-state index is -0.377. The molecule has 5 heteroatoms. The molecule has 0 saturated carbocycles. The van der Waals surface area contributed by atoms with Crippen molar-refractivity contribution in [3.8, 4) is 17.6 Å². The predicted octanol–water partition coefficient (Wildman–Crippen LogP) is 3.53. The first-order valence-electron chi connectivity index (χ1n) is 8.81. The van der Waals surface area contributed by atoms with E-state index in [2.05, 4.69) is 12.2 Å². The Labute approximate surface area is 160 Å². The Kier molecular flexibility index (Phi) is 7.45. The Hall–Kier alpha value is -3.26. The molecule has 0 unspecified atom stereocenters. The van der Waals surface area contributed by atoms with Gasteiger partial charge in [-0.25, -0.2) is 0 Å². The van der Waals surface area contributed by atoms with Gasteiger partial charge in [-0.05, 0) is 47.7 Å². The molecule has 0 spiro atoms. The Bertz CT molecular complexity index is 849. The van der Waals surface area contributed by atoms with Crippen LogP contribution >= 0.6 is 0 Å². The molecule has 5 nitrogen and oxygen atoms in total. The summed E-state index contributed by atoms with van der Waals surface area (Å²) in [6.45, 7) is 2.50. The Morgan fingerprint density at radius 2 is 1.74 bits per heavy atom. The highest BCUT2D eigenvalue weighted by molar-refractivity contribution is 6.01. The van der Waals surface area contributed by atoms with E-state index in [-0.39, 0.29) is 11.5 Å². The lowest BCUT2D eigenvalue weighted by molar-refractivity contribution is -0.117. The van der Waals surface area contributed by atoms with Crippen molar-refractivity contribution in [3.05, 3.63) is 64.7 Å². The molecular weight excluding hydrogens is 340 g/mol. The van der Waals surface area contributed by atoms with E-state index in [4.69, 9.17) is 9.47 Å². The SMILES string of the molecule is CCc1ccc(/C=C(\C#N)C(=O)NCCc2ccc(OC)c(OC)c2)cc1. The zero-order valence-corrected chi connectivity index (χ0v) is 15.9. The number of methoxy groups -OCH3 is 2. The number of amides is 1. The van der Waals surface area contributed by atoms with Gasteiger partial charge in [-0.3, -0.25) is 4.79 Å². The van der Waals surface area contributed by atoms with Crippen molar-refractivity contribution < 1.29 is 14.3 Å². The normalized spacial score (nSPS) is 10.8. The maximum atomic E-state index is 12.3. The van der Waals surface area contributed by atoms with Gasteiger partial charge in [-0.1, -0.05) is 37.3 Å². The zero-order chi connectivity index (χ0) is 19.6. The van der Waals surface area contributed by atoms with Gasteiger partial charge in [0, 0.05) is 6.54 Å². The van der Waals surface area contributed by atoms with Crippen LogP contribution in [0.2, 0.25) is 0 Å². The number of hydrogen-bond donors (Lipinski definition) is 1. The van der Waals surface area contributed by atoms with Crippen LogP contribution in [0.5, 0.6) is 11.5 Å². The minimum Gasteiger partial charge on any atom is -0.493 e. The summed E-state index contributed by atoms with van der Waals surface area (Å²) in [6, 6.07) is 15.4. The third kappa shape index (κ3) is 5.61. The van der Waals surface area contributed by atoms with Gasteiger partial charge in [-0.2, -0.15) is 5.26 Å². The number of ether oxygens (including phenoxy) is 2. The Balaban J connectivity index is 1.97. The van der Waals surface area contributed by atoms with Gasteiger partial charge in [0.05, 0.1) is 14.2 Å². The van der Waals surface area contributed by atoms with Gasteiger partial charge >= 0.3 is 0 Å². The number of carbonyl (C=O) groups excluding carboxylic acids is 1. The minimum absolute atomic E-state index is 0.0894. The smallest absolute Gasteiger partial charge is 0.261 e. The van der Waals surface area contributed by atoms with Crippen LogP contribution in [0.15, 0.2) is 48.0 Å². The largest absolute Gasteiger partial charge is 0.493 e. The molecule has 2 aromatic rings. The number of nitrogens with zero attached hydrogens (tertiary/aromatic N) is 1. The zero-order valence-electron chi connectivity index (χ0n) is 15.9. The number of rotatable bonds is 8. The molecule has 1 amide bonds. The number of carbonyl (C=O) groups is 1. The summed E-state index contributed by atoms with van der Waals surface area (Å²) in [7, 11) is 3.17. The molecule has 0 aromatic heterocycles. The third-order valence-electron chi connectivity index (χ3n) is 4.21. The van der Waals surface area contributed by atoms with Crippen molar-refractivity contribution in [2.45, 2.75) is 19.8 Å². The fourth-order valence-corrected chi connectivity index (χ4v) is 2.62. The van der Waals surface area contributed by atoms with E-state index in [1.54, 1.807) is 20.3 Å². The van der Waals surface area contributed by atoms with Crippen LogP contribution in [0.25, 0.3) is 6.08 Å². The van der Waals surface area contributed by atoms with Crippen molar-refractivity contribution in [1.82, 2.24) is 5.32 Å². The van der Waals surface area contributed by atoms with E-state index < -0.39 is 0 Å². The molecular formula is C22H24N2O3. The second-order valence-electron chi connectivity index (χ2n) is 5.96. The average molecular weight is 364 g/mol. The van der Waals surface area contributed by atoms with E-state index in [0.717, 1.165) is 17.5 Å². The number of hydrogen-bond acceptors (Lipinski definition) is 4. The summed E-state index contributed by atoms with van der Waals surface area (Å²) in [4.78, 5) is 12.3. The maximum absolute atomic E-state index is 12.3. The quantitative estimate of drug-likeness (QED) is 0.574. The van der Waals surface area contributed by atoms with Crippen LogP contribution in [0, 0.1) is 11.3 Å². The third-order valence-corrected chi connectivity index (χ3v) is 4.21. The second kappa shape index (κ2) is 10.0. The highest BCUT2D eigenvalue weighted by atomic mass is 16.5. The Morgan fingerprint density at radius 3 is 2.33 bits per heavy atom. The molecule has 0 saturated heterocycles. The molecule has 2 aromatic carbocycles. The van der Waals surface area contributed by atoms with Crippen LogP contribution in [-0.2, 0) is 17.6 Å². The first kappa shape index (κ1) is 20.1. The van der Waals surface area contributed by atoms with Crippen LogP contribution in [0.4, 0.5) is 0 Å². The fourth-order valence-electron chi connectivity index (χ4n) is 2.62. The van der Waals surface area contributed by atoms with Gasteiger partial charge in [0.15, 0.2) is 11.5 Å². The lowest BCUT2D eigenvalue weighted by Crippen LogP contribution is -2.26. The van der Waals surface area contributed by atoms with Crippen molar-refractivity contribution in [3.63, 3.8) is 0 Å². The first-order valence-corrected chi connectivity index (χ1v) is 8.81. The van der Waals surface area contributed by atoms with Crippen LogP contribution in [-0.4, -0.2) is 26.7 Å². The Morgan fingerprint density at radius 1 is 1.07 bits per heavy atom. The van der Waals surface area contributed by atoms with Crippen LogP contribution < -0.4 is 14.8 Å². The van der Waals surface area contributed by atoms with Gasteiger partial charge in [-0.15, -0.1) is 0 Å². The summed E-state index contributed by atoms with van der Waals surface area (Å²) >= 11 is 0. The number of nitrogens with one attached hydrogen (secondary N) is 1. The predicted molar refractivity (Wildman–Crippen MR) is 106 cm³/mol. The van der Waals surface area contributed by atoms with E-state index in [1.807, 2.05) is 48.5 Å². The average Bonchev–Trinajstić information content (AvgIpc) is 2.72. The monoisotopic (exact) mass is 364 g/mol. The lowest BCUT2D eigenvalue weighted by Gasteiger charge is -2.10. The van der Waals surface area contributed by atoms with E-state index in [1.165, 1.54) is 5.56 Å². The molecule has 140 valence electrons. The van der Waals surface area contributed by atoms with E-state index in [9.17, 15) is 10.1 Å². The summed E-state index contributed by atoms with van der Waals surface area (Å²) in [6.07, 6.45) is 3.17. The molecule has 1 N–H and O–H groups in total. The maximum Gasteiger partial charge on any atom is 0.261 e. The standard InChI is InChI=1S/C22H24N2O3/c1-4-16-5-7-17(8-6-16)13-19(15-23)22(25)24-12-11-18-9-10-20(26-2)21(14-18)27-3/h5-10,13-14H,4,11-12H2,1-3H3,(H,24,25)/b19-13+. The molecule has 0 radical (unpaired) electrons. The number of aryl methyl sites for hydroxylation is 1. The first-order chi connectivity index (χ1) is 13.1. The molecule has 0 aliphatic heterocycles. The molecule has 2 rings (SSSR count). The number of nitriles is 1. The molecule has 0 heterocycles. The summed E-state index contributed by atoms with van der Waals surface area (Å²) in [5.41, 5.74) is 3.14. The van der Waals surface area contributed by atoms with Gasteiger partial charge in [0.1, 0.15) is 11.6 Å². The molecule has 0 bridgehead atoms. The lowest BCUT2D eigenvalue weighted by atomic mass is 10.1. The van der Waals surface area contributed by atoms with Crippen molar-refractivity contribution in [2.24, 2.45) is 0 Å². The summed E-state index contributed by atoms with van der Waals surface area (Å²) in [5.74, 6) is 0.932. The van der Waals surface area contributed by atoms with Crippen molar-refractivity contribution >= 4 is 12.0 Å². The fraction of sp³-hybridized carbons (Fsp3) is 0.273. The van der Waals surface area contributed by atoms with Crippen LogP contribution in [0.1, 0.15) is 23.6 Å². The van der Waals surface area contributed by atoms with Gasteiger partial charge in [0.2, 0.25) is 0 Å². The summed E-state index contributed by atoms with van der Waals surface area (Å²) < 4.78 is 10.5. The van der Waals surface area contributed by atoms with E-state index >= 15 is 0 Å². The van der Waals surface area contributed by atoms with Crippen molar-refractivity contribution in [1.29, 1.82) is 5.26 Å². The summed E-state index contributed by atoms with van der Waals surface area (Å²) in [5, 5.41) is 12.1. The van der Waals surface area contributed by atoms with Gasteiger partial charge in [0.25, 0.3) is 5.91 Å². The highest BCUT2D eigenvalue weighted by Crippen LogP contribution is 2.27. The van der Waals surface area contributed by atoms with Crippen LogP contribution in [0.3, 0.4) is 0 Å². The molecule has 0 fully saturated rings. The van der Waals surface area contributed by atoms with E-state index in [0.29, 0.717) is 24.5 Å². The molecule has 27 heavy (non-hydrogen) atoms.